The third-order valence-electron chi connectivity index (χ3n) is 3.45. The van der Waals surface area contributed by atoms with E-state index in [9.17, 15) is 19.7 Å². The smallest absolute Gasteiger partial charge is 0.308 e. The lowest BCUT2D eigenvalue weighted by Crippen LogP contribution is -2.42. The Morgan fingerprint density at radius 3 is 2.76 bits per heavy atom. The number of non-ortho nitro benzene ring substituents is 1. The summed E-state index contributed by atoms with van der Waals surface area (Å²) in [4.78, 5) is 34.9. The number of carbonyl (C=O) groups is 2. The van der Waals surface area contributed by atoms with Crippen molar-refractivity contribution in [2.75, 3.05) is 13.1 Å². The van der Waals surface area contributed by atoms with Gasteiger partial charge in [-0.2, -0.15) is 0 Å². The molecule has 0 unspecified atom stereocenters. The molecule has 1 atom stereocenters. The number of piperidine rings is 1. The van der Waals surface area contributed by atoms with Crippen LogP contribution in [0.15, 0.2) is 18.2 Å². The maximum absolute atomic E-state index is 12.4. The first-order valence-electron chi connectivity index (χ1n) is 6.36. The number of carbonyl (C=O) groups excluding carboxylic acids is 1. The van der Waals surface area contributed by atoms with E-state index in [2.05, 4.69) is 0 Å². The van der Waals surface area contributed by atoms with Gasteiger partial charge in [0.25, 0.3) is 11.6 Å². The number of nitro groups is 1. The number of hydrogen-bond donors (Lipinski definition) is 1. The fourth-order valence-electron chi connectivity index (χ4n) is 2.32. The molecule has 7 nitrogen and oxygen atoms in total. The van der Waals surface area contributed by atoms with E-state index in [1.165, 1.54) is 17.0 Å². The highest BCUT2D eigenvalue weighted by molar-refractivity contribution is 6.33. The highest BCUT2D eigenvalue weighted by Gasteiger charge is 2.30. The third kappa shape index (κ3) is 3.30. The van der Waals surface area contributed by atoms with Crippen molar-refractivity contribution in [1.82, 2.24) is 4.90 Å². The number of aliphatic carboxylic acids is 1. The molecular weight excluding hydrogens is 300 g/mol. The summed E-state index contributed by atoms with van der Waals surface area (Å²) in [5.74, 6) is -2.03. The number of hydrogen-bond acceptors (Lipinski definition) is 4. The summed E-state index contributed by atoms with van der Waals surface area (Å²) in [6, 6.07) is 3.63. The van der Waals surface area contributed by atoms with Crippen LogP contribution in [0.25, 0.3) is 0 Å². The Morgan fingerprint density at radius 2 is 2.14 bits per heavy atom. The Morgan fingerprint density at radius 1 is 1.43 bits per heavy atom. The fraction of sp³-hybridized carbons (Fsp3) is 0.385. The minimum absolute atomic E-state index is 0.0249. The average Bonchev–Trinajstić information content (AvgIpc) is 2.47. The molecule has 1 heterocycles. The van der Waals surface area contributed by atoms with E-state index in [0.29, 0.717) is 19.4 Å². The van der Waals surface area contributed by atoms with Gasteiger partial charge >= 0.3 is 5.97 Å². The zero-order valence-electron chi connectivity index (χ0n) is 11.0. The molecule has 0 aromatic heterocycles. The molecule has 21 heavy (non-hydrogen) atoms. The largest absolute Gasteiger partial charge is 0.481 e. The first kappa shape index (κ1) is 15.2. The van der Waals surface area contributed by atoms with E-state index in [0.717, 1.165) is 6.07 Å². The Bertz CT molecular complexity index is 604. The molecule has 1 aromatic carbocycles. The number of benzene rings is 1. The van der Waals surface area contributed by atoms with Crippen LogP contribution >= 0.6 is 11.6 Å². The first-order chi connectivity index (χ1) is 9.90. The lowest BCUT2D eigenvalue weighted by atomic mass is 9.97. The van der Waals surface area contributed by atoms with Gasteiger partial charge in [0.05, 0.1) is 21.4 Å². The van der Waals surface area contributed by atoms with Crippen LogP contribution in [-0.4, -0.2) is 39.9 Å². The molecule has 2 rings (SSSR count). The maximum atomic E-state index is 12.4. The van der Waals surface area contributed by atoms with Gasteiger partial charge in [0.15, 0.2) is 0 Å². The van der Waals surface area contributed by atoms with Crippen molar-refractivity contribution < 1.29 is 19.6 Å². The van der Waals surface area contributed by atoms with Crippen LogP contribution in [0.5, 0.6) is 0 Å². The molecule has 112 valence electrons. The molecule has 1 N–H and O–H groups in total. The van der Waals surface area contributed by atoms with E-state index in [4.69, 9.17) is 16.7 Å². The van der Waals surface area contributed by atoms with Gasteiger partial charge in [-0.05, 0) is 18.9 Å². The van der Waals surface area contributed by atoms with Gasteiger partial charge in [0, 0.05) is 25.2 Å². The number of carboxylic acid groups (broad SMARTS) is 1. The summed E-state index contributed by atoms with van der Waals surface area (Å²) < 4.78 is 0. The first-order valence-corrected chi connectivity index (χ1v) is 6.74. The molecule has 0 aliphatic carbocycles. The Balaban J connectivity index is 2.25. The molecule has 1 aliphatic heterocycles. The van der Waals surface area contributed by atoms with Crippen LogP contribution in [-0.2, 0) is 4.79 Å². The average molecular weight is 313 g/mol. The van der Waals surface area contributed by atoms with Gasteiger partial charge in [0.2, 0.25) is 0 Å². The zero-order valence-corrected chi connectivity index (χ0v) is 11.7. The lowest BCUT2D eigenvalue weighted by Gasteiger charge is -2.30. The van der Waals surface area contributed by atoms with Crippen LogP contribution in [0.1, 0.15) is 23.2 Å². The van der Waals surface area contributed by atoms with Crippen LogP contribution in [0.2, 0.25) is 5.02 Å². The molecule has 0 bridgehead atoms. The Hall–Kier alpha value is -2.15. The predicted molar refractivity (Wildman–Crippen MR) is 74.4 cm³/mol. The molecule has 1 aromatic rings. The normalized spacial score (nSPS) is 18.3. The van der Waals surface area contributed by atoms with Crippen molar-refractivity contribution in [2.24, 2.45) is 5.92 Å². The molecule has 1 saturated heterocycles. The summed E-state index contributed by atoms with van der Waals surface area (Å²) in [5, 5.41) is 19.9. The number of likely N-dealkylation sites (tertiary alicyclic amines) is 1. The molecular formula is C13H13ClN2O5. The molecule has 1 amide bonds. The van der Waals surface area contributed by atoms with Crippen molar-refractivity contribution in [3.63, 3.8) is 0 Å². The Labute approximate surface area is 125 Å². The minimum atomic E-state index is -0.947. The molecule has 1 aliphatic rings. The number of carboxylic acids is 1. The van der Waals surface area contributed by atoms with E-state index >= 15 is 0 Å². The van der Waals surface area contributed by atoms with E-state index in [1.807, 2.05) is 0 Å². The van der Waals surface area contributed by atoms with Crippen molar-refractivity contribution in [1.29, 1.82) is 0 Å². The maximum Gasteiger partial charge on any atom is 0.308 e. The monoisotopic (exact) mass is 312 g/mol. The second-order valence-electron chi connectivity index (χ2n) is 4.85. The van der Waals surface area contributed by atoms with E-state index < -0.39 is 22.7 Å². The third-order valence-corrected chi connectivity index (χ3v) is 3.78. The summed E-state index contributed by atoms with van der Waals surface area (Å²) in [6.07, 6.45) is 1.09. The van der Waals surface area contributed by atoms with Gasteiger partial charge in [-0.1, -0.05) is 11.6 Å². The Kier molecular flexibility index (Phi) is 4.42. The number of nitrogens with zero attached hydrogens (tertiary/aromatic N) is 2. The standard InChI is InChI=1S/C13H13ClN2O5/c14-11-4-3-9(16(20)21)6-10(11)12(17)15-5-1-2-8(7-15)13(18)19/h3-4,6,8H,1-2,5,7H2,(H,18,19)/t8-/m0/s1. The lowest BCUT2D eigenvalue weighted by molar-refractivity contribution is -0.384. The molecule has 0 saturated carbocycles. The number of rotatable bonds is 3. The highest BCUT2D eigenvalue weighted by Crippen LogP contribution is 2.25. The molecule has 0 radical (unpaired) electrons. The molecule has 1 fully saturated rings. The van der Waals surface area contributed by atoms with Crippen molar-refractivity contribution in [2.45, 2.75) is 12.8 Å². The van der Waals surface area contributed by atoms with Crippen LogP contribution in [0, 0.1) is 16.0 Å². The van der Waals surface area contributed by atoms with Gasteiger partial charge < -0.3 is 10.0 Å². The zero-order chi connectivity index (χ0) is 15.6. The van der Waals surface area contributed by atoms with Crippen LogP contribution < -0.4 is 0 Å². The quantitative estimate of drug-likeness (QED) is 0.681. The van der Waals surface area contributed by atoms with Crippen LogP contribution in [0.3, 0.4) is 0 Å². The number of halogens is 1. The molecule has 8 heteroatoms. The van der Waals surface area contributed by atoms with E-state index in [1.54, 1.807) is 0 Å². The van der Waals surface area contributed by atoms with Gasteiger partial charge in [0.1, 0.15) is 0 Å². The summed E-state index contributed by atoms with van der Waals surface area (Å²) in [6.45, 7) is 0.509. The highest BCUT2D eigenvalue weighted by atomic mass is 35.5. The van der Waals surface area contributed by atoms with E-state index in [-0.39, 0.29) is 22.8 Å². The van der Waals surface area contributed by atoms with Gasteiger partial charge in [-0.3, -0.25) is 19.7 Å². The summed E-state index contributed by atoms with van der Waals surface area (Å²) in [7, 11) is 0. The van der Waals surface area contributed by atoms with Gasteiger partial charge in [-0.25, -0.2) is 0 Å². The topological polar surface area (TPSA) is 101 Å². The van der Waals surface area contributed by atoms with Crippen molar-refractivity contribution in [3.05, 3.63) is 38.9 Å². The summed E-state index contributed by atoms with van der Waals surface area (Å²) in [5.41, 5.74) is -0.202. The fourth-order valence-corrected chi connectivity index (χ4v) is 2.52. The van der Waals surface area contributed by atoms with Crippen molar-refractivity contribution in [3.8, 4) is 0 Å². The second-order valence-corrected chi connectivity index (χ2v) is 5.26. The van der Waals surface area contributed by atoms with Crippen molar-refractivity contribution >= 4 is 29.2 Å². The van der Waals surface area contributed by atoms with Crippen LogP contribution in [0.4, 0.5) is 5.69 Å². The van der Waals surface area contributed by atoms with Gasteiger partial charge in [-0.15, -0.1) is 0 Å². The SMILES string of the molecule is O=C(O)[C@H]1CCCN(C(=O)c2cc([N+](=O)[O-])ccc2Cl)C1. The number of nitro benzene ring substituents is 1. The second kappa shape index (κ2) is 6.09. The molecule has 0 spiro atoms. The minimum Gasteiger partial charge on any atom is -0.481 e. The summed E-state index contributed by atoms with van der Waals surface area (Å²) >= 11 is 5.93. The predicted octanol–water partition coefficient (Wildman–Crippen LogP) is 2.19. The number of amides is 1.